The maximum atomic E-state index is 12.8. The Labute approximate surface area is 199 Å². The highest BCUT2D eigenvalue weighted by Crippen LogP contribution is 2.30. The molecule has 1 fully saturated rings. The number of rotatable bonds is 4. The smallest absolute Gasteiger partial charge is 0.338 e. The van der Waals surface area contributed by atoms with Crippen LogP contribution in [0, 0.1) is 6.92 Å². The van der Waals surface area contributed by atoms with Crippen molar-refractivity contribution in [1.82, 2.24) is 19.9 Å². The van der Waals surface area contributed by atoms with Gasteiger partial charge in [0, 0.05) is 36.9 Å². The Morgan fingerprint density at radius 1 is 1.14 bits per heavy atom. The van der Waals surface area contributed by atoms with E-state index >= 15 is 0 Å². The maximum Gasteiger partial charge on any atom is 0.416 e. The zero-order chi connectivity index (χ0) is 25.2. The van der Waals surface area contributed by atoms with Crippen LogP contribution in [0.3, 0.4) is 0 Å². The van der Waals surface area contributed by atoms with Crippen molar-refractivity contribution in [2.24, 2.45) is 0 Å². The van der Waals surface area contributed by atoms with Gasteiger partial charge in [-0.05, 0) is 50.2 Å². The van der Waals surface area contributed by atoms with Crippen LogP contribution in [0.15, 0.2) is 53.1 Å². The summed E-state index contributed by atoms with van der Waals surface area (Å²) in [6.45, 7) is 4.65. The minimum Gasteiger partial charge on any atom is -0.338 e. The molecule has 0 spiro atoms. The Hall–Kier alpha value is -3.89. The first kappa shape index (κ1) is 24.2. The molecule has 1 aromatic heterocycles. The van der Waals surface area contributed by atoms with Crippen LogP contribution in [-0.4, -0.2) is 57.6 Å². The SMILES string of the molecule is Cc1cccc(-c2nc(CC(=O)N3CCN(C(=O)Nc4ccc(C(F)(F)F)cc4)C(C)C3)no2)c1. The number of urea groups is 1. The van der Waals surface area contributed by atoms with E-state index in [0.717, 1.165) is 23.3 Å². The van der Waals surface area contributed by atoms with E-state index in [2.05, 4.69) is 15.5 Å². The van der Waals surface area contributed by atoms with Crippen LogP contribution >= 0.6 is 0 Å². The Bertz CT molecular complexity index is 1210. The first-order valence-corrected chi connectivity index (χ1v) is 11.0. The van der Waals surface area contributed by atoms with Crippen molar-refractivity contribution in [2.45, 2.75) is 32.5 Å². The van der Waals surface area contributed by atoms with Crippen molar-refractivity contribution in [1.29, 1.82) is 0 Å². The molecular formula is C24H24F3N5O3. The molecule has 1 N–H and O–H groups in total. The molecule has 11 heteroatoms. The number of carbonyl (C=O) groups is 2. The highest BCUT2D eigenvalue weighted by Gasteiger charge is 2.32. The highest BCUT2D eigenvalue weighted by atomic mass is 19.4. The molecule has 0 radical (unpaired) electrons. The summed E-state index contributed by atoms with van der Waals surface area (Å²) in [5.41, 5.74) is 1.30. The fourth-order valence-corrected chi connectivity index (χ4v) is 3.89. The summed E-state index contributed by atoms with van der Waals surface area (Å²) in [7, 11) is 0. The van der Waals surface area contributed by atoms with Crippen LogP contribution in [0.2, 0.25) is 0 Å². The summed E-state index contributed by atoms with van der Waals surface area (Å²) in [5.74, 6) is 0.438. The molecule has 1 aliphatic rings. The molecule has 0 saturated carbocycles. The zero-order valence-corrected chi connectivity index (χ0v) is 19.2. The quantitative estimate of drug-likeness (QED) is 0.590. The second kappa shape index (κ2) is 9.77. The van der Waals surface area contributed by atoms with Gasteiger partial charge in [0.05, 0.1) is 12.0 Å². The summed E-state index contributed by atoms with van der Waals surface area (Å²) < 4.78 is 43.4. The standard InChI is InChI=1S/C24H24F3N5O3/c1-15-4-3-5-17(12-15)22-29-20(30-35-22)13-21(33)31-10-11-32(16(2)14-31)23(34)28-19-8-6-18(7-9-19)24(25,26)27/h3-9,12,16H,10-11,13-14H2,1-2H3,(H,28,34). The molecule has 3 amide bonds. The summed E-state index contributed by atoms with van der Waals surface area (Å²) in [6.07, 6.45) is -4.47. The largest absolute Gasteiger partial charge is 0.416 e. The van der Waals surface area contributed by atoms with Crippen LogP contribution in [0.25, 0.3) is 11.5 Å². The van der Waals surface area contributed by atoms with E-state index in [1.807, 2.05) is 31.2 Å². The van der Waals surface area contributed by atoms with E-state index in [-0.39, 0.29) is 36.4 Å². The van der Waals surface area contributed by atoms with Gasteiger partial charge < -0.3 is 19.6 Å². The van der Waals surface area contributed by atoms with Crippen LogP contribution in [0.4, 0.5) is 23.7 Å². The molecule has 3 aromatic rings. The number of piperazine rings is 1. The number of amides is 3. The number of aryl methyl sites for hydroxylation is 1. The second-order valence-electron chi connectivity index (χ2n) is 8.45. The van der Waals surface area contributed by atoms with E-state index in [1.54, 1.807) is 16.7 Å². The number of hydrogen-bond donors (Lipinski definition) is 1. The van der Waals surface area contributed by atoms with Gasteiger partial charge in [0.1, 0.15) is 0 Å². The monoisotopic (exact) mass is 487 g/mol. The lowest BCUT2D eigenvalue weighted by Crippen LogP contribution is -2.56. The van der Waals surface area contributed by atoms with Gasteiger partial charge in [-0.3, -0.25) is 4.79 Å². The lowest BCUT2D eigenvalue weighted by atomic mass is 10.1. The van der Waals surface area contributed by atoms with Gasteiger partial charge >= 0.3 is 12.2 Å². The number of hydrogen-bond acceptors (Lipinski definition) is 5. The van der Waals surface area contributed by atoms with Crippen molar-refractivity contribution in [3.8, 4) is 11.5 Å². The third kappa shape index (κ3) is 5.79. The number of benzene rings is 2. The van der Waals surface area contributed by atoms with Gasteiger partial charge in [0.15, 0.2) is 5.82 Å². The van der Waals surface area contributed by atoms with Crippen molar-refractivity contribution < 1.29 is 27.3 Å². The Balaban J connectivity index is 1.31. The number of anilines is 1. The van der Waals surface area contributed by atoms with Gasteiger partial charge in [-0.1, -0.05) is 22.9 Å². The Morgan fingerprint density at radius 2 is 1.89 bits per heavy atom. The van der Waals surface area contributed by atoms with Crippen molar-refractivity contribution in [2.75, 3.05) is 25.0 Å². The predicted octanol–water partition coefficient (Wildman–Crippen LogP) is 4.37. The van der Waals surface area contributed by atoms with Gasteiger partial charge in [0.25, 0.3) is 5.89 Å². The number of alkyl halides is 3. The molecule has 0 bridgehead atoms. The Kier molecular flexibility index (Phi) is 6.77. The normalized spacial score (nSPS) is 16.3. The summed E-state index contributed by atoms with van der Waals surface area (Å²) in [4.78, 5) is 32.9. The third-order valence-corrected chi connectivity index (χ3v) is 5.75. The van der Waals surface area contributed by atoms with Crippen LogP contribution in [0.1, 0.15) is 23.9 Å². The first-order valence-electron chi connectivity index (χ1n) is 11.0. The van der Waals surface area contributed by atoms with Crippen molar-refractivity contribution in [3.63, 3.8) is 0 Å². The summed E-state index contributed by atoms with van der Waals surface area (Å²) >= 11 is 0. The predicted molar refractivity (Wildman–Crippen MR) is 121 cm³/mol. The van der Waals surface area contributed by atoms with E-state index < -0.39 is 17.8 Å². The van der Waals surface area contributed by atoms with Crippen LogP contribution in [0.5, 0.6) is 0 Å². The van der Waals surface area contributed by atoms with Crippen LogP contribution < -0.4 is 5.32 Å². The zero-order valence-electron chi connectivity index (χ0n) is 19.2. The molecule has 184 valence electrons. The van der Waals surface area contributed by atoms with E-state index in [9.17, 15) is 22.8 Å². The number of aromatic nitrogens is 2. The minimum atomic E-state index is -4.44. The fraction of sp³-hybridized carbons (Fsp3) is 0.333. The van der Waals surface area contributed by atoms with Gasteiger partial charge in [-0.2, -0.15) is 18.2 Å². The molecule has 2 heterocycles. The van der Waals surface area contributed by atoms with Gasteiger partial charge in [-0.25, -0.2) is 4.79 Å². The molecule has 2 aromatic carbocycles. The molecule has 1 aliphatic heterocycles. The summed E-state index contributed by atoms with van der Waals surface area (Å²) in [6, 6.07) is 11.1. The summed E-state index contributed by atoms with van der Waals surface area (Å²) in [5, 5.41) is 6.52. The second-order valence-corrected chi connectivity index (χ2v) is 8.45. The number of nitrogens with one attached hydrogen (secondary N) is 1. The van der Waals surface area contributed by atoms with Crippen molar-refractivity contribution >= 4 is 17.6 Å². The van der Waals surface area contributed by atoms with Crippen molar-refractivity contribution in [3.05, 3.63) is 65.5 Å². The van der Waals surface area contributed by atoms with E-state index in [1.165, 1.54) is 12.1 Å². The maximum absolute atomic E-state index is 12.8. The Morgan fingerprint density at radius 3 is 2.54 bits per heavy atom. The van der Waals surface area contributed by atoms with Gasteiger partial charge in [-0.15, -0.1) is 0 Å². The minimum absolute atomic E-state index is 0.0280. The molecule has 35 heavy (non-hydrogen) atoms. The molecule has 0 aliphatic carbocycles. The fourth-order valence-electron chi connectivity index (χ4n) is 3.89. The molecule has 1 atom stereocenters. The highest BCUT2D eigenvalue weighted by molar-refractivity contribution is 5.90. The average molecular weight is 487 g/mol. The molecule has 1 unspecified atom stereocenters. The molecule has 1 saturated heterocycles. The number of carbonyl (C=O) groups excluding carboxylic acids is 2. The number of halogens is 3. The topological polar surface area (TPSA) is 91.6 Å². The molecule has 8 nitrogen and oxygen atoms in total. The van der Waals surface area contributed by atoms with Crippen LogP contribution in [-0.2, 0) is 17.4 Å². The average Bonchev–Trinajstić information content (AvgIpc) is 3.27. The molecule has 4 rings (SSSR count). The third-order valence-electron chi connectivity index (χ3n) is 5.75. The first-order chi connectivity index (χ1) is 16.6. The lowest BCUT2D eigenvalue weighted by Gasteiger charge is -2.39. The van der Waals surface area contributed by atoms with E-state index in [0.29, 0.717) is 19.0 Å². The number of nitrogens with zero attached hydrogens (tertiary/aromatic N) is 4. The van der Waals surface area contributed by atoms with Gasteiger partial charge in [0.2, 0.25) is 5.91 Å². The van der Waals surface area contributed by atoms with E-state index in [4.69, 9.17) is 4.52 Å². The molecular weight excluding hydrogens is 463 g/mol. The lowest BCUT2D eigenvalue weighted by molar-refractivity contribution is -0.137.